The molecule has 1 saturated heterocycles. The van der Waals surface area contributed by atoms with Crippen LogP contribution in [0.1, 0.15) is 0 Å². The third kappa shape index (κ3) is 2.23. The highest BCUT2D eigenvalue weighted by atomic mass is 79.9. The molecule has 18 heavy (non-hydrogen) atoms. The molecule has 0 amide bonds. The molecule has 7 heteroatoms. The Hall–Kier alpha value is -0.760. The molecular formula is C11H9BrFNO3S. The summed E-state index contributed by atoms with van der Waals surface area (Å²) in [6.45, 7) is 0.492. The molecule has 96 valence electrons. The Morgan fingerprint density at radius 1 is 1.50 bits per heavy atom. The number of hydrogen-bond acceptors (Lipinski definition) is 5. The van der Waals surface area contributed by atoms with Gasteiger partial charge in [0, 0.05) is 12.1 Å². The minimum atomic E-state index is -0.715. The fourth-order valence-corrected chi connectivity index (χ4v) is 3.21. The normalized spacial score (nSPS) is 23.7. The summed E-state index contributed by atoms with van der Waals surface area (Å²) >= 11 is 4.65. The monoisotopic (exact) mass is 333 g/mol. The second kappa shape index (κ2) is 4.73. The number of aliphatic hydroxyl groups excluding tert-OH is 1. The predicted molar refractivity (Wildman–Crippen MR) is 68.5 cm³/mol. The van der Waals surface area contributed by atoms with Crippen LogP contribution in [-0.4, -0.2) is 35.5 Å². The smallest absolute Gasteiger partial charge is 0.167 e. The van der Waals surface area contributed by atoms with E-state index in [0.717, 1.165) is 4.70 Å². The first-order valence-electron chi connectivity index (χ1n) is 5.31. The SMILES string of the molecule is O[C@@H]1COC[C@@H]1Oc1cc2sc(Br)nc2cc1F. The number of halogens is 2. The third-order valence-corrected chi connectivity index (χ3v) is 4.16. The van der Waals surface area contributed by atoms with Crippen molar-refractivity contribution in [2.75, 3.05) is 13.2 Å². The van der Waals surface area contributed by atoms with E-state index < -0.39 is 18.0 Å². The lowest BCUT2D eigenvalue weighted by Gasteiger charge is -2.15. The van der Waals surface area contributed by atoms with Gasteiger partial charge in [0.1, 0.15) is 6.10 Å². The van der Waals surface area contributed by atoms with Crippen molar-refractivity contribution in [2.45, 2.75) is 12.2 Å². The van der Waals surface area contributed by atoms with Crippen LogP contribution in [0.4, 0.5) is 4.39 Å². The minimum Gasteiger partial charge on any atom is -0.482 e. The molecule has 1 aliphatic rings. The number of hydrogen-bond donors (Lipinski definition) is 1. The van der Waals surface area contributed by atoms with Gasteiger partial charge >= 0.3 is 0 Å². The molecule has 2 aromatic rings. The molecule has 2 atom stereocenters. The first-order chi connectivity index (χ1) is 8.63. The zero-order chi connectivity index (χ0) is 12.7. The number of benzene rings is 1. The van der Waals surface area contributed by atoms with Crippen molar-refractivity contribution in [3.63, 3.8) is 0 Å². The largest absolute Gasteiger partial charge is 0.482 e. The number of aromatic nitrogens is 1. The first-order valence-corrected chi connectivity index (χ1v) is 6.92. The highest BCUT2D eigenvalue weighted by Crippen LogP contribution is 2.32. The molecule has 0 aliphatic carbocycles. The number of rotatable bonds is 2. The van der Waals surface area contributed by atoms with E-state index in [4.69, 9.17) is 9.47 Å². The summed E-state index contributed by atoms with van der Waals surface area (Å²) < 4.78 is 25.8. The van der Waals surface area contributed by atoms with Crippen molar-refractivity contribution in [1.82, 2.24) is 4.98 Å². The Kier molecular flexibility index (Phi) is 3.23. The lowest BCUT2D eigenvalue weighted by atomic mass is 10.2. The summed E-state index contributed by atoms with van der Waals surface area (Å²) in [4.78, 5) is 4.13. The highest BCUT2D eigenvalue weighted by Gasteiger charge is 2.29. The fourth-order valence-electron chi connectivity index (χ4n) is 1.79. The third-order valence-electron chi connectivity index (χ3n) is 2.69. The highest BCUT2D eigenvalue weighted by molar-refractivity contribution is 9.11. The predicted octanol–water partition coefficient (Wildman–Crippen LogP) is 2.34. The van der Waals surface area contributed by atoms with Gasteiger partial charge in [-0.15, -0.1) is 11.3 Å². The van der Waals surface area contributed by atoms with Gasteiger partial charge in [-0.05, 0) is 15.9 Å². The standard InChI is InChI=1S/C11H9BrFNO3S/c12-11-14-6-1-5(13)8(2-10(6)18-11)17-9-4-16-3-7(9)15/h1-2,7,9,15H,3-4H2/t7-,9+/m1/s1. The molecule has 1 aliphatic heterocycles. The molecule has 0 saturated carbocycles. The van der Waals surface area contributed by atoms with Crippen LogP contribution in [0.25, 0.3) is 10.2 Å². The zero-order valence-electron chi connectivity index (χ0n) is 9.10. The number of thiazole rings is 1. The lowest BCUT2D eigenvalue weighted by molar-refractivity contribution is 0.0709. The van der Waals surface area contributed by atoms with Crippen LogP contribution >= 0.6 is 27.3 Å². The number of fused-ring (bicyclic) bond motifs is 1. The molecule has 4 nitrogen and oxygen atoms in total. The molecule has 0 radical (unpaired) electrons. The Balaban J connectivity index is 1.93. The van der Waals surface area contributed by atoms with E-state index in [-0.39, 0.29) is 19.0 Å². The topological polar surface area (TPSA) is 51.6 Å². The molecule has 1 aromatic carbocycles. The van der Waals surface area contributed by atoms with E-state index in [2.05, 4.69) is 20.9 Å². The molecular weight excluding hydrogens is 325 g/mol. The Morgan fingerprint density at radius 2 is 2.33 bits per heavy atom. The van der Waals surface area contributed by atoms with Crippen molar-refractivity contribution in [3.05, 3.63) is 21.9 Å². The summed E-state index contributed by atoms with van der Waals surface area (Å²) in [5.74, 6) is -0.368. The molecule has 1 N–H and O–H groups in total. The van der Waals surface area contributed by atoms with Crippen LogP contribution in [0.15, 0.2) is 16.0 Å². The molecule has 2 heterocycles. The number of ether oxygens (including phenoxy) is 2. The van der Waals surface area contributed by atoms with Gasteiger partial charge in [0.15, 0.2) is 21.6 Å². The average Bonchev–Trinajstić information content (AvgIpc) is 2.85. The van der Waals surface area contributed by atoms with Gasteiger partial charge < -0.3 is 14.6 Å². The Morgan fingerprint density at radius 3 is 3.06 bits per heavy atom. The van der Waals surface area contributed by atoms with Crippen LogP contribution in [0.3, 0.4) is 0 Å². The van der Waals surface area contributed by atoms with Crippen molar-refractivity contribution in [2.24, 2.45) is 0 Å². The summed E-state index contributed by atoms with van der Waals surface area (Å²) in [6, 6.07) is 2.92. The van der Waals surface area contributed by atoms with Gasteiger partial charge in [-0.2, -0.15) is 0 Å². The second-order valence-electron chi connectivity index (χ2n) is 3.98. The van der Waals surface area contributed by atoms with Gasteiger partial charge in [0.05, 0.1) is 23.4 Å². The van der Waals surface area contributed by atoms with Crippen LogP contribution in [0.5, 0.6) is 5.75 Å². The molecule has 0 spiro atoms. The van der Waals surface area contributed by atoms with Gasteiger partial charge in [-0.1, -0.05) is 0 Å². The molecule has 1 aromatic heterocycles. The maximum absolute atomic E-state index is 13.8. The summed E-state index contributed by atoms with van der Waals surface area (Å²) in [5, 5.41) is 9.57. The molecule has 0 unspecified atom stereocenters. The van der Waals surface area contributed by atoms with E-state index in [0.29, 0.717) is 9.43 Å². The molecule has 1 fully saturated rings. The molecule has 3 rings (SSSR count). The summed E-state index contributed by atoms with van der Waals surface area (Å²) in [7, 11) is 0. The minimum absolute atomic E-state index is 0.119. The quantitative estimate of drug-likeness (QED) is 0.916. The van der Waals surface area contributed by atoms with Crippen molar-refractivity contribution in [3.8, 4) is 5.75 Å². The van der Waals surface area contributed by atoms with Crippen LogP contribution in [0.2, 0.25) is 0 Å². The van der Waals surface area contributed by atoms with E-state index in [1.54, 1.807) is 6.07 Å². The van der Waals surface area contributed by atoms with Crippen LogP contribution in [-0.2, 0) is 4.74 Å². The zero-order valence-corrected chi connectivity index (χ0v) is 11.5. The van der Waals surface area contributed by atoms with Crippen LogP contribution < -0.4 is 4.74 Å². The maximum atomic E-state index is 13.8. The Bertz CT molecular complexity index is 591. The molecule has 0 bridgehead atoms. The average molecular weight is 334 g/mol. The van der Waals surface area contributed by atoms with Gasteiger partial charge in [-0.3, -0.25) is 0 Å². The Labute approximate surface area is 114 Å². The van der Waals surface area contributed by atoms with E-state index in [9.17, 15) is 9.50 Å². The van der Waals surface area contributed by atoms with E-state index >= 15 is 0 Å². The first kappa shape index (κ1) is 12.3. The number of nitrogens with zero attached hydrogens (tertiary/aromatic N) is 1. The van der Waals surface area contributed by atoms with Crippen molar-refractivity contribution < 1.29 is 19.0 Å². The van der Waals surface area contributed by atoms with Crippen molar-refractivity contribution in [1.29, 1.82) is 0 Å². The van der Waals surface area contributed by atoms with Gasteiger partial charge in [0.2, 0.25) is 0 Å². The lowest BCUT2D eigenvalue weighted by Crippen LogP contribution is -2.30. The van der Waals surface area contributed by atoms with E-state index in [1.807, 2.05) is 0 Å². The van der Waals surface area contributed by atoms with Crippen LogP contribution in [0, 0.1) is 5.82 Å². The number of aliphatic hydroxyl groups is 1. The summed E-state index contributed by atoms with van der Waals surface area (Å²) in [5.41, 5.74) is 0.583. The van der Waals surface area contributed by atoms with Gasteiger partial charge in [0.25, 0.3) is 0 Å². The van der Waals surface area contributed by atoms with E-state index in [1.165, 1.54) is 17.4 Å². The summed E-state index contributed by atoms with van der Waals surface area (Å²) in [6.07, 6.45) is -1.23. The fraction of sp³-hybridized carbons (Fsp3) is 0.364. The maximum Gasteiger partial charge on any atom is 0.167 e. The van der Waals surface area contributed by atoms with Crippen molar-refractivity contribution >= 4 is 37.5 Å². The second-order valence-corrected chi connectivity index (χ2v) is 6.28. The van der Waals surface area contributed by atoms with Gasteiger partial charge in [-0.25, -0.2) is 9.37 Å².